The minimum absolute atomic E-state index is 0.00655. The van der Waals surface area contributed by atoms with Crippen molar-refractivity contribution in [2.75, 3.05) is 13.1 Å². The van der Waals surface area contributed by atoms with Crippen LogP contribution in [0.5, 0.6) is 0 Å². The molecular weight excluding hydrogens is 216 g/mol. The molecule has 98 valence electrons. The summed E-state index contributed by atoms with van der Waals surface area (Å²) in [4.78, 5) is 14.2. The standard InChI is InChI=1S/C13H24N2O2/c1-9(2)15-7-10-6-13(10,8-15)14-11(16)17-12(3,4)5/h9-10H,6-8H2,1-5H3,(H,14,16). The van der Waals surface area contributed by atoms with Crippen molar-refractivity contribution in [1.29, 1.82) is 0 Å². The molecule has 1 aliphatic heterocycles. The summed E-state index contributed by atoms with van der Waals surface area (Å²) in [6.45, 7) is 12.1. The van der Waals surface area contributed by atoms with E-state index in [1.807, 2.05) is 20.8 Å². The fourth-order valence-corrected chi connectivity index (χ4v) is 2.62. The van der Waals surface area contributed by atoms with Crippen molar-refractivity contribution < 1.29 is 9.53 Å². The van der Waals surface area contributed by atoms with Crippen molar-refractivity contribution in [3.63, 3.8) is 0 Å². The Labute approximate surface area is 104 Å². The maximum absolute atomic E-state index is 11.8. The first-order chi connectivity index (χ1) is 7.72. The minimum atomic E-state index is -0.415. The molecule has 4 heteroatoms. The molecule has 1 aliphatic carbocycles. The highest BCUT2D eigenvalue weighted by Crippen LogP contribution is 2.50. The maximum Gasteiger partial charge on any atom is 0.408 e. The third-order valence-corrected chi connectivity index (χ3v) is 3.65. The molecule has 2 fully saturated rings. The lowest BCUT2D eigenvalue weighted by molar-refractivity contribution is 0.0490. The van der Waals surface area contributed by atoms with Gasteiger partial charge >= 0.3 is 6.09 Å². The molecule has 0 bridgehead atoms. The van der Waals surface area contributed by atoms with Gasteiger partial charge in [-0.05, 0) is 47.0 Å². The average Bonchev–Trinajstić information content (AvgIpc) is 2.63. The number of carbonyl (C=O) groups excluding carboxylic acids is 1. The van der Waals surface area contributed by atoms with E-state index in [-0.39, 0.29) is 11.6 Å². The van der Waals surface area contributed by atoms with Crippen molar-refractivity contribution in [3.05, 3.63) is 0 Å². The van der Waals surface area contributed by atoms with Crippen LogP contribution in [0.1, 0.15) is 41.0 Å². The van der Waals surface area contributed by atoms with Gasteiger partial charge in [0, 0.05) is 19.1 Å². The molecule has 1 saturated heterocycles. The normalized spacial score (nSPS) is 32.5. The third-order valence-electron chi connectivity index (χ3n) is 3.65. The fourth-order valence-electron chi connectivity index (χ4n) is 2.62. The zero-order chi connectivity index (χ0) is 12.8. The Hall–Kier alpha value is -0.770. The number of amides is 1. The Kier molecular flexibility index (Phi) is 2.89. The molecule has 2 unspecified atom stereocenters. The molecule has 1 N–H and O–H groups in total. The summed E-state index contributed by atoms with van der Waals surface area (Å²) in [5.41, 5.74) is -0.409. The van der Waals surface area contributed by atoms with Gasteiger partial charge in [-0.15, -0.1) is 0 Å². The molecular formula is C13H24N2O2. The molecule has 0 aromatic heterocycles. The highest BCUT2D eigenvalue weighted by molar-refractivity contribution is 5.70. The number of ether oxygens (including phenoxy) is 1. The van der Waals surface area contributed by atoms with E-state index in [0.717, 1.165) is 19.5 Å². The van der Waals surface area contributed by atoms with Crippen LogP contribution in [-0.2, 0) is 4.74 Å². The van der Waals surface area contributed by atoms with Gasteiger partial charge in [-0.1, -0.05) is 0 Å². The van der Waals surface area contributed by atoms with E-state index in [1.54, 1.807) is 0 Å². The monoisotopic (exact) mass is 240 g/mol. The molecule has 1 heterocycles. The number of nitrogens with zero attached hydrogens (tertiary/aromatic N) is 1. The lowest BCUT2D eigenvalue weighted by atomic mass is 10.2. The van der Waals surface area contributed by atoms with Gasteiger partial charge in [0.05, 0.1) is 5.54 Å². The van der Waals surface area contributed by atoms with Crippen LogP contribution in [0.2, 0.25) is 0 Å². The van der Waals surface area contributed by atoms with Crippen LogP contribution in [0.3, 0.4) is 0 Å². The number of carbonyl (C=O) groups is 1. The van der Waals surface area contributed by atoms with E-state index in [4.69, 9.17) is 4.74 Å². The Morgan fingerprint density at radius 1 is 1.47 bits per heavy atom. The number of fused-ring (bicyclic) bond motifs is 1. The van der Waals surface area contributed by atoms with Gasteiger partial charge in [-0.2, -0.15) is 0 Å². The number of likely N-dealkylation sites (tertiary alicyclic amines) is 1. The minimum Gasteiger partial charge on any atom is -0.444 e. The summed E-state index contributed by atoms with van der Waals surface area (Å²) in [6.07, 6.45) is 0.834. The lowest BCUT2D eigenvalue weighted by Gasteiger charge is -2.26. The zero-order valence-electron chi connectivity index (χ0n) is 11.5. The summed E-state index contributed by atoms with van der Waals surface area (Å²) >= 11 is 0. The molecule has 17 heavy (non-hydrogen) atoms. The van der Waals surface area contributed by atoms with E-state index in [0.29, 0.717) is 12.0 Å². The molecule has 0 radical (unpaired) electrons. The van der Waals surface area contributed by atoms with Crippen LogP contribution >= 0.6 is 0 Å². The van der Waals surface area contributed by atoms with E-state index in [2.05, 4.69) is 24.1 Å². The van der Waals surface area contributed by atoms with E-state index in [1.165, 1.54) is 0 Å². The van der Waals surface area contributed by atoms with E-state index < -0.39 is 5.60 Å². The Bertz CT molecular complexity index is 322. The zero-order valence-corrected chi connectivity index (χ0v) is 11.5. The van der Waals surface area contributed by atoms with Crippen LogP contribution in [0, 0.1) is 5.92 Å². The first-order valence-corrected chi connectivity index (χ1v) is 6.47. The summed E-state index contributed by atoms with van der Waals surface area (Å²) in [7, 11) is 0. The van der Waals surface area contributed by atoms with Gasteiger partial charge < -0.3 is 10.1 Å². The molecule has 2 aliphatic rings. The second-order valence-electron chi connectivity index (χ2n) is 6.71. The van der Waals surface area contributed by atoms with Gasteiger partial charge in [-0.25, -0.2) is 4.79 Å². The SMILES string of the molecule is CC(C)N1CC2CC2(NC(=O)OC(C)(C)C)C1. The Morgan fingerprint density at radius 2 is 2.12 bits per heavy atom. The third kappa shape index (κ3) is 2.73. The predicted octanol–water partition coefficient (Wildman–Crippen LogP) is 1.99. The smallest absolute Gasteiger partial charge is 0.408 e. The Morgan fingerprint density at radius 3 is 2.59 bits per heavy atom. The molecule has 1 saturated carbocycles. The van der Waals surface area contributed by atoms with Crippen LogP contribution in [0.15, 0.2) is 0 Å². The van der Waals surface area contributed by atoms with Crippen LogP contribution in [-0.4, -0.2) is 41.3 Å². The second-order valence-corrected chi connectivity index (χ2v) is 6.71. The topological polar surface area (TPSA) is 41.6 Å². The molecule has 2 atom stereocenters. The van der Waals surface area contributed by atoms with Crippen LogP contribution < -0.4 is 5.32 Å². The van der Waals surface area contributed by atoms with Crippen molar-refractivity contribution >= 4 is 6.09 Å². The summed E-state index contributed by atoms with van der Waals surface area (Å²) in [6, 6.07) is 0.556. The molecule has 0 spiro atoms. The number of rotatable bonds is 2. The van der Waals surface area contributed by atoms with Crippen molar-refractivity contribution in [2.24, 2.45) is 5.92 Å². The molecule has 2 rings (SSSR count). The average molecular weight is 240 g/mol. The highest BCUT2D eigenvalue weighted by Gasteiger charge is 2.61. The summed E-state index contributed by atoms with van der Waals surface area (Å²) in [5.74, 6) is 0.623. The Balaban J connectivity index is 1.87. The van der Waals surface area contributed by atoms with Crippen molar-refractivity contribution in [2.45, 2.75) is 58.2 Å². The largest absolute Gasteiger partial charge is 0.444 e. The summed E-state index contributed by atoms with van der Waals surface area (Å²) in [5, 5.41) is 3.07. The first-order valence-electron chi connectivity index (χ1n) is 6.47. The lowest BCUT2D eigenvalue weighted by Crippen LogP contribution is -2.45. The summed E-state index contributed by atoms with van der Waals surface area (Å²) < 4.78 is 5.32. The van der Waals surface area contributed by atoms with Crippen molar-refractivity contribution in [3.8, 4) is 0 Å². The highest BCUT2D eigenvalue weighted by atomic mass is 16.6. The van der Waals surface area contributed by atoms with Gasteiger partial charge in [0.15, 0.2) is 0 Å². The van der Waals surface area contributed by atoms with Crippen LogP contribution in [0.25, 0.3) is 0 Å². The van der Waals surface area contributed by atoms with Gasteiger partial charge in [0.1, 0.15) is 5.60 Å². The predicted molar refractivity (Wildman–Crippen MR) is 66.9 cm³/mol. The molecule has 0 aromatic rings. The van der Waals surface area contributed by atoms with Gasteiger partial charge in [-0.3, -0.25) is 4.90 Å². The van der Waals surface area contributed by atoms with Gasteiger partial charge in [0.25, 0.3) is 0 Å². The maximum atomic E-state index is 11.8. The first kappa shape index (κ1) is 12.7. The fraction of sp³-hybridized carbons (Fsp3) is 0.923. The number of hydrogen-bond donors (Lipinski definition) is 1. The van der Waals surface area contributed by atoms with Crippen molar-refractivity contribution in [1.82, 2.24) is 10.2 Å². The van der Waals surface area contributed by atoms with Crippen LogP contribution in [0.4, 0.5) is 4.79 Å². The second kappa shape index (κ2) is 3.87. The number of piperidine rings is 1. The number of nitrogens with one attached hydrogen (secondary N) is 1. The molecule has 0 aromatic carbocycles. The molecule has 1 amide bonds. The molecule has 4 nitrogen and oxygen atoms in total. The van der Waals surface area contributed by atoms with Gasteiger partial charge in [0.2, 0.25) is 0 Å². The number of alkyl carbamates (subject to hydrolysis) is 1. The van der Waals surface area contributed by atoms with E-state index in [9.17, 15) is 4.79 Å². The van der Waals surface area contributed by atoms with E-state index >= 15 is 0 Å². The quantitative estimate of drug-likeness (QED) is 0.802. The number of hydrogen-bond acceptors (Lipinski definition) is 3.